The molecule has 0 fully saturated rings. The van der Waals surface area contributed by atoms with Crippen LogP contribution in [-0.4, -0.2) is 0 Å². The van der Waals surface area contributed by atoms with E-state index in [1.807, 2.05) is 30.3 Å². The number of ether oxygens (including phenoxy) is 1. The molecule has 0 spiro atoms. The molecular formula is C24H18F2O3. The number of halogens is 2. The molecule has 3 nitrogen and oxygen atoms in total. The third-order valence-corrected chi connectivity index (χ3v) is 4.70. The van der Waals surface area contributed by atoms with Crippen LogP contribution in [0.5, 0.6) is 0 Å². The highest BCUT2D eigenvalue weighted by Crippen LogP contribution is 2.31. The second-order valence-corrected chi connectivity index (χ2v) is 6.76. The minimum atomic E-state index is -0.587. The lowest BCUT2D eigenvalue weighted by molar-refractivity contribution is 0.0389. The van der Waals surface area contributed by atoms with E-state index < -0.39 is 23.2 Å². The van der Waals surface area contributed by atoms with Crippen molar-refractivity contribution in [1.82, 2.24) is 0 Å². The largest absolute Gasteiger partial charge is 0.457 e. The number of rotatable bonds is 5. The summed E-state index contributed by atoms with van der Waals surface area (Å²) in [6.07, 6.45) is -0.587. The Kier molecular flexibility index (Phi) is 5.23. The molecule has 4 aromatic rings. The highest BCUT2D eigenvalue weighted by atomic mass is 19.1. The highest BCUT2D eigenvalue weighted by molar-refractivity contribution is 5.83. The van der Waals surface area contributed by atoms with E-state index in [-0.39, 0.29) is 22.3 Å². The molecule has 0 aliphatic heterocycles. The average Bonchev–Trinajstić information content (AvgIpc) is 2.73. The Morgan fingerprint density at radius 1 is 0.931 bits per heavy atom. The summed E-state index contributed by atoms with van der Waals surface area (Å²) in [6, 6.07) is 19.0. The predicted molar refractivity (Wildman–Crippen MR) is 107 cm³/mol. The average molecular weight is 392 g/mol. The maximum absolute atomic E-state index is 13.8. The predicted octanol–water partition coefficient (Wildman–Crippen LogP) is 6.02. The van der Waals surface area contributed by atoms with Crippen LogP contribution in [0.4, 0.5) is 8.78 Å². The third-order valence-electron chi connectivity index (χ3n) is 4.70. The molecule has 4 rings (SSSR count). The second kappa shape index (κ2) is 7.97. The van der Waals surface area contributed by atoms with Crippen LogP contribution in [0.25, 0.3) is 22.1 Å². The van der Waals surface area contributed by atoms with E-state index in [1.54, 1.807) is 13.0 Å². The fourth-order valence-corrected chi connectivity index (χ4v) is 3.26. The van der Waals surface area contributed by atoms with Crippen LogP contribution in [0.15, 0.2) is 82.0 Å². The Balaban J connectivity index is 1.83. The first-order valence-electron chi connectivity index (χ1n) is 9.20. The molecular weight excluding hydrogens is 374 g/mol. The minimum absolute atomic E-state index is 0.100. The summed E-state index contributed by atoms with van der Waals surface area (Å²) in [7, 11) is 0. The smallest absolute Gasteiger partial charge is 0.200 e. The quantitative estimate of drug-likeness (QED) is 0.417. The fraction of sp³-hybridized carbons (Fsp3) is 0.125. The van der Waals surface area contributed by atoms with Crippen LogP contribution in [0.1, 0.15) is 24.4 Å². The molecule has 146 valence electrons. The van der Waals surface area contributed by atoms with Crippen molar-refractivity contribution in [2.75, 3.05) is 0 Å². The molecule has 0 aliphatic rings. The first kappa shape index (κ1) is 19.0. The lowest BCUT2D eigenvalue weighted by atomic mass is 10.00. The zero-order chi connectivity index (χ0) is 20.4. The molecule has 1 aromatic heterocycles. The van der Waals surface area contributed by atoms with Gasteiger partial charge >= 0.3 is 0 Å². The van der Waals surface area contributed by atoms with E-state index in [2.05, 4.69) is 0 Å². The summed E-state index contributed by atoms with van der Waals surface area (Å²) in [4.78, 5) is 13.2. The summed E-state index contributed by atoms with van der Waals surface area (Å²) >= 11 is 0. The van der Waals surface area contributed by atoms with E-state index in [4.69, 9.17) is 9.15 Å². The van der Waals surface area contributed by atoms with E-state index in [1.165, 1.54) is 30.3 Å². The lowest BCUT2D eigenvalue weighted by Gasteiger charge is -2.17. The van der Waals surface area contributed by atoms with Crippen LogP contribution >= 0.6 is 0 Å². The Morgan fingerprint density at radius 2 is 1.69 bits per heavy atom. The van der Waals surface area contributed by atoms with Gasteiger partial charge in [0.05, 0.1) is 17.6 Å². The molecule has 3 aromatic carbocycles. The van der Waals surface area contributed by atoms with Gasteiger partial charge in [-0.3, -0.25) is 4.79 Å². The first-order valence-corrected chi connectivity index (χ1v) is 9.20. The van der Waals surface area contributed by atoms with Crippen molar-refractivity contribution in [3.05, 3.63) is 106 Å². The van der Waals surface area contributed by atoms with Crippen molar-refractivity contribution in [2.24, 2.45) is 0 Å². The molecule has 0 saturated heterocycles. The van der Waals surface area contributed by atoms with Gasteiger partial charge in [-0.2, -0.15) is 0 Å². The minimum Gasteiger partial charge on any atom is -0.457 e. The Morgan fingerprint density at radius 3 is 2.45 bits per heavy atom. The van der Waals surface area contributed by atoms with Crippen molar-refractivity contribution in [2.45, 2.75) is 19.6 Å². The van der Waals surface area contributed by atoms with Crippen LogP contribution in [0.2, 0.25) is 0 Å². The molecule has 5 heteroatoms. The van der Waals surface area contributed by atoms with E-state index in [0.717, 1.165) is 11.6 Å². The van der Waals surface area contributed by atoms with Crippen molar-refractivity contribution in [1.29, 1.82) is 0 Å². The maximum atomic E-state index is 13.8. The topological polar surface area (TPSA) is 39.4 Å². The number of benzene rings is 3. The van der Waals surface area contributed by atoms with Crippen LogP contribution in [0.3, 0.4) is 0 Å². The zero-order valence-electron chi connectivity index (χ0n) is 15.7. The summed E-state index contributed by atoms with van der Waals surface area (Å²) in [6.45, 7) is 2.08. The Labute approximate surface area is 166 Å². The summed E-state index contributed by atoms with van der Waals surface area (Å²) in [5.41, 5.74) is 1.32. The van der Waals surface area contributed by atoms with Crippen molar-refractivity contribution in [3.63, 3.8) is 0 Å². The van der Waals surface area contributed by atoms with Gasteiger partial charge in [-0.1, -0.05) is 42.5 Å². The number of hydrogen-bond donors (Lipinski definition) is 0. The second-order valence-electron chi connectivity index (χ2n) is 6.76. The molecule has 0 aliphatic carbocycles. The molecule has 0 bridgehead atoms. The summed E-state index contributed by atoms with van der Waals surface area (Å²) in [5.74, 6) is -0.753. The molecule has 1 unspecified atom stereocenters. The van der Waals surface area contributed by atoms with Crippen molar-refractivity contribution in [3.8, 4) is 11.1 Å². The van der Waals surface area contributed by atoms with Crippen molar-refractivity contribution < 1.29 is 17.9 Å². The van der Waals surface area contributed by atoms with Gasteiger partial charge in [-0.15, -0.1) is 0 Å². The normalized spacial score (nSPS) is 12.2. The van der Waals surface area contributed by atoms with E-state index >= 15 is 0 Å². The highest BCUT2D eigenvalue weighted by Gasteiger charge is 2.22. The zero-order valence-corrected chi connectivity index (χ0v) is 15.7. The molecule has 0 saturated carbocycles. The first-order chi connectivity index (χ1) is 14.0. The van der Waals surface area contributed by atoms with Gasteiger partial charge in [0.2, 0.25) is 5.43 Å². The monoisotopic (exact) mass is 392 g/mol. The SMILES string of the molecule is CC(OCc1ccccc1)c1oc2ccc(F)cc2c(=O)c1-c1cccc(F)c1. The van der Waals surface area contributed by atoms with Gasteiger partial charge in [0.1, 0.15) is 29.1 Å². The van der Waals surface area contributed by atoms with Gasteiger partial charge in [0.25, 0.3) is 0 Å². The van der Waals surface area contributed by atoms with Gasteiger partial charge in [-0.05, 0) is 48.4 Å². The molecule has 0 amide bonds. The van der Waals surface area contributed by atoms with Gasteiger partial charge in [-0.25, -0.2) is 8.78 Å². The Hall–Kier alpha value is -3.31. The van der Waals surface area contributed by atoms with Crippen molar-refractivity contribution >= 4 is 11.0 Å². The van der Waals surface area contributed by atoms with E-state index in [9.17, 15) is 13.6 Å². The molecule has 0 N–H and O–H groups in total. The lowest BCUT2D eigenvalue weighted by Crippen LogP contribution is -2.13. The molecule has 29 heavy (non-hydrogen) atoms. The molecule has 0 radical (unpaired) electrons. The van der Waals surface area contributed by atoms with Crippen LogP contribution in [0, 0.1) is 11.6 Å². The van der Waals surface area contributed by atoms with E-state index in [0.29, 0.717) is 12.2 Å². The maximum Gasteiger partial charge on any atom is 0.200 e. The van der Waals surface area contributed by atoms with Gasteiger partial charge < -0.3 is 9.15 Å². The number of fused-ring (bicyclic) bond motifs is 1. The third kappa shape index (κ3) is 3.96. The summed E-state index contributed by atoms with van der Waals surface area (Å²) < 4.78 is 39.5. The van der Waals surface area contributed by atoms with Gasteiger partial charge in [0.15, 0.2) is 0 Å². The molecule has 1 heterocycles. The summed E-state index contributed by atoms with van der Waals surface area (Å²) in [5, 5.41) is 0.100. The molecule has 1 atom stereocenters. The van der Waals surface area contributed by atoms with Crippen LogP contribution in [-0.2, 0) is 11.3 Å². The van der Waals surface area contributed by atoms with Crippen LogP contribution < -0.4 is 5.43 Å². The standard InChI is InChI=1S/C24H18F2O3/c1-15(28-14-16-6-3-2-4-7-16)24-22(17-8-5-9-18(25)12-17)23(27)20-13-19(26)10-11-21(20)29-24/h2-13,15H,14H2,1H3. The Bertz CT molecular complexity index is 1220. The number of hydrogen-bond acceptors (Lipinski definition) is 3. The van der Waals surface area contributed by atoms with Gasteiger partial charge in [0, 0.05) is 0 Å². The fourth-order valence-electron chi connectivity index (χ4n) is 3.26.